The van der Waals surface area contributed by atoms with Gasteiger partial charge in [0.25, 0.3) is 5.56 Å². The Labute approximate surface area is 167 Å². The van der Waals surface area contributed by atoms with Gasteiger partial charge in [-0.3, -0.25) is 9.78 Å². The van der Waals surface area contributed by atoms with Crippen molar-refractivity contribution < 1.29 is 10.2 Å². The number of H-pyrrole nitrogens is 1. The average molecular weight is 400 g/mol. The van der Waals surface area contributed by atoms with E-state index in [9.17, 15) is 30.3 Å². The summed E-state index contributed by atoms with van der Waals surface area (Å²) in [6.07, 6.45) is 0.345. The summed E-state index contributed by atoms with van der Waals surface area (Å²) < 4.78 is 1.57. The SMILES string of the molecule is N#Cc1cc2nc3c(=O)[nH]c(=O)nc-3n(CCc3ccc(O)c(O)c3)c2cc1C#N. The standard InChI is InChI=1S/C20H12N6O4/c21-8-11-6-13-14(7-12(11)9-22)26(4-3-10-1-2-15(27)16(28)5-10)18-17(23-13)19(29)25-20(30)24-18/h1-2,5-7,27-28H,3-4H2,(H,25,29,30). The molecule has 0 unspecified atom stereocenters. The molecule has 0 spiro atoms. The molecular weight excluding hydrogens is 388 g/mol. The summed E-state index contributed by atoms with van der Waals surface area (Å²) in [5.41, 5.74) is -0.0201. The fraction of sp³-hybridized carbons (Fsp3) is 0.100. The molecule has 3 N–H and O–H groups in total. The zero-order valence-electron chi connectivity index (χ0n) is 15.2. The van der Waals surface area contributed by atoms with E-state index in [-0.39, 0.29) is 46.2 Å². The van der Waals surface area contributed by atoms with Crippen molar-refractivity contribution in [2.24, 2.45) is 0 Å². The van der Waals surface area contributed by atoms with E-state index in [1.165, 1.54) is 24.3 Å². The van der Waals surface area contributed by atoms with Gasteiger partial charge in [0.1, 0.15) is 12.1 Å². The summed E-state index contributed by atoms with van der Waals surface area (Å²) in [5.74, 6) is -0.491. The first-order valence-electron chi connectivity index (χ1n) is 8.71. The van der Waals surface area contributed by atoms with E-state index < -0.39 is 11.2 Å². The minimum atomic E-state index is -0.834. The number of hydrogen-bond donors (Lipinski definition) is 3. The number of aryl methyl sites for hydroxylation is 2. The van der Waals surface area contributed by atoms with E-state index in [0.717, 1.165) is 0 Å². The molecule has 30 heavy (non-hydrogen) atoms. The maximum atomic E-state index is 12.3. The summed E-state index contributed by atoms with van der Waals surface area (Å²) in [5, 5.41) is 37.8. The highest BCUT2D eigenvalue weighted by atomic mass is 16.3. The highest BCUT2D eigenvalue weighted by molar-refractivity contribution is 5.82. The quantitative estimate of drug-likeness (QED) is 0.338. The van der Waals surface area contributed by atoms with Gasteiger partial charge < -0.3 is 14.8 Å². The largest absolute Gasteiger partial charge is 0.504 e. The fourth-order valence-corrected chi connectivity index (χ4v) is 3.22. The van der Waals surface area contributed by atoms with E-state index in [1.54, 1.807) is 10.6 Å². The highest BCUT2D eigenvalue weighted by Gasteiger charge is 2.20. The van der Waals surface area contributed by atoms with E-state index in [2.05, 4.69) is 15.0 Å². The van der Waals surface area contributed by atoms with Crippen LogP contribution in [0.5, 0.6) is 11.5 Å². The Morgan fingerprint density at radius 1 is 1.00 bits per heavy atom. The third kappa shape index (κ3) is 3.08. The Morgan fingerprint density at radius 3 is 2.43 bits per heavy atom. The predicted octanol–water partition coefficient (Wildman–Crippen LogP) is 0.982. The van der Waals surface area contributed by atoms with Crippen molar-refractivity contribution in [3.63, 3.8) is 0 Å². The molecule has 2 aliphatic heterocycles. The number of aromatic amines is 1. The highest BCUT2D eigenvalue weighted by Crippen LogP contribution is 2.27. The van der Waals surface area contributed by atoms with Gasteiger partial charge in [-0.05, 0) is 36.2 Å². The van der Waals surface area contributed by atoms with Crippen molar-refractivity contribution in [3.05, 3.63) is 67.9 Å². The lowest BCUT2D eigenvalue weighted by atomic mass is 10.1. The molecule has 0 radical (unpaired) electrons. The zero-order valence-corrected chi connectivity index (χ0v) is 15.2. The molecule has 0 bridgehead atoms. The summed E-state index contributed by atoms with van der Waals surface area (Å²) >= 11 is 0. The summed E-state index contributed by atoms with van der Waals surface area (Å²) in [7, 11) is 0. The second-order valence-corrected chi connectivity index (χ2v) is 6.49. The van der Waals surface area contributed by atoms with Crippen LogP contribution in [0, 0.1) is 22.7 Å². The first-order chi connectivity index (χ1) is 14.4. The average Bonchev–Trinajstić information content (AvgIpc) is 2.73. The zero-order chi connectivity index (χ0) is 21.4. The smallest absolute Gasteiger partial charge is 0.349 e. The molecular formula is C20H12N6O4. The van der Waals surface area contributed by atoms with Gasteiger partial charge in [-0.25, -0.2) is 9.78 Å². The maximum Gasteiger partial charge on any atom is 0.349 e. The number of rotatable bonds is 3. The first kappa shape index (κ1) is 18.7. The van der Waals surface area contributed by atoms with E-state index >= 15 is 0 Å². The van der Waals surface area contributed by atoms with Gasteiger partial charge in [0.05, 0.1) is 22.2 Å². The summed E-state index contributed by atoms with van der Waals surface area (Å²) in [6.45, 7) is 0.215. The lowest BCUT2D eigenvalue weighted by Gasteiger charge is -2.17. The van der Waals surface area contributed by atoms with E-state index in [0.29, 0.717) is 17.5 Å². The number of fused-ring (bicyclic) bond motifs is 2. The predicted molar refractivity (Wildman–Crippen MR) is 104 cm³/mol. The van der Waals surface area contributed by atoms with Crippen LogP contribution >= 0.6 is 0 Å². The van der Waals surface area contributed by atoms with Crippen LogP contribution in [-0.2, 0) is 13.0 Å². The second-order valence-electron chi connectivity index (χ2n) is 6.49. The third-order valence-corrected chi connectivity index (χ3v) is 4.65. The van der Waals surface area contributed by atoms with Crippen LogP contribution in [0.1, 0.15) is 16.7 Å². The van der Waals surface area contributed by atoms with E-state index in [4.69, 9.17) is 0 Å². The Balaban J connectivity index is 1.97. The van der Waals surface area contributed by atoms with Crippen molar-refractivity contribution in [1.82, 2.24) is 19.5 Å². The molecule has 2 heterocycles. The molecule has 0 saturated heterocycles. The van der Waals surface area contributed by atoms with Gasteiger partial charge in [-0.15, -0.1) is 0 Å². The molecule has 10 nitrogen and oxygen atoms in total. The number of phenols is 2. The van der Waals surface area contributed by atoms with Gasteiger partial charge in [0, 0.05) is 6.54 Å². The molecule has 0 fully saturated rings. The Hall–Kier alpha value is -4.70. The van der Waals surface area contributed by atoms with Crippen LogP contribution in [0.4, 0.5) is 0 Å². The molecule has 0 aliphatic carbocycles. The van der Waals surface area contributed by atoms with Crippen molar-refractivity contribution in [2.75, 3.05) is 0 Å². The number of nitrogens with zero attached hydrogens (tertiary/aromatic N) is 5. The van der Waals surface area contributed by atoms with Crippen LogP contribution in [0.15, 0.2) is 39.9 Å². The van der Waals surface area contributed by atoms with Gasteiger partial charge in [0.15, 0.2) is 23.0 Å². The molecule has 2 aromatic carbocycles. The topological polar surface area (TPSA) is 169 Å². The van der Waals surface area contributed by atoms with Crippen LogP contribution in [-0.4, -0.2) is 29.7 Å². The fourth-order valence-electron chi connectivity index (χ4n) is 3.22. The lowest BCUT2D eigenvalue weighted by Crippen LogP contribution is -2.29. The molecule has 2 aromatic rings. The number of hydrogen-bond acceptors (Lipinski definition) is 8. The van der Waals surface area contributed by atoms with Gasteiger partial charge in [-0.2, -0.15) is 15.5 Å². The van der Waals surface area contributed by atoms with Crippen molar-refractivity contribution in [3.8, 4) is 35.2 Å². The number of aromatic hydroxyl groups is 2. The van der Waals surface area contributed by atoms with Crippen LogP contribution < -0.4 is 11.2 Å². The Bertz CT molecular complexity index is 1490. The number of aromatic nitrogens is 4. The van der Waals surface area contributed by atoms with Crippen LogP contribution in [0.2, 0.25) is 0 Å². The molecule has 0 saturated carbocycles. The number of benzene rings is 2. The first-order valence-corrected chi connectivity index (χ1v) is 8.71. The van der Waals surface area contributed by atoms with Gasteiger partial charge >= 0.3 is 5.69 Å². The Morgan fingerprint density at radius 2 is 1.73 bits per heavy atom. The molecule has 10 heteroatoms. The summed E-state index contributed by atoms with van der Waals surface area (Å²) in [4.78, 5) is 34.3. The van der Waals surface area contributed by atoms with Gasteiger partial charge in [0.2, 0.25) is 0 Å². The van der Waals surface area contributed by atoms with Crippen molar-refractivity contribution in [2.45, 2.75) is 13.0 Å². The molecule has 4 rings (SSSR count). The normalized spacial score (nSPS) is 10.7. The lowest BCUT2D eigenvalue weighted by molar-refractivity contribution is 0.403. The molecule has 146 valence electrons. The minimum Gasteiger partial charge on any atom is -0.504 e. The van der Waals surface area contributed by atoms with Crippen LogP contribution in [0.25, 0.3) is 22.6 Å². The van der Waals surface area contributed by atoms with Crippen LogP contribution in [0.3, 0.4) is 0 Å². The summed E-state index contributed by atoms with van der Waals surface area (Å²) in [6, 6.07) is 11.1. The second kappa shape index (κ2) is 7.04. The molecule has 0 aromatic heterocycles. The molecule has 2 aliphatic rings. The number of nitrogens with one attached hydrogen (secondary N) is 1. The third-order valence-electron chi connectivity index (χ3n) is 4.65. The van der Waals surface area contributed by atoms with E-state index in [1.807, 2.05) is 12.1 Å². The number of phenolic OH excluding ortho intramolecular Hbond substituents is 2. The molecule has 0 amide bonds. The monoisotopic (exact) mass is 400 g/mol. The van der Waals surface area contributed by atoms with Crippen molar-refractivity contribution >= 4 is 11.0 Å². The Kier molecular flexibility index (Phi) is 4.38. The minimum absolute atomic E-state index is 0.0350. The number of nitriles is 2. The van der Waals surface area contributed by atoms with Crippen molar-refractivity contribution in [1.29, 1.82) is 10.5 Å². The maximum absolute atomic E-state index is 12.3. The van der Waals surface area contributed by atoms with Gasteiger partial charge in [-0.1, -0.05) is 6.07 Å². The molecule has 0 atom stereocenters.